The van der Waals surface area contributed by atoms with Crippen LogP contribution in [0.25, 0.3) is 0 Å². The monoisotopic (exact) mass is 283 g/mol. The number of likely N-dealkylation sites (tertiary alicyclic amines) is 1. The van der Waals surface area contributed by atoms with Crippen molar-refractivity contribution >= 4 is 5.91 Å². The lowest BCUT2D eigenvalue weighted by Crippen LogP contribution is -2.36. The Morgan fingerprint density at radius 2 is 1.67 bits per heavy atom. The van der Waals surface area contributed by atoms with Gasteiger partial charge in [0, 0.05) is 19.5 Å². The predicted octanol–water partition coefficient (Wildman–Crippen LogP) is 3.95. The number of nitrogens with zero attached hydrogens (tertiary/aromatic N) is 1. The Labute approximate surface area is 127 Å². The molecule has 0 unspecified atom stereocenters. The molecule has 2 aliphatic rings. The number of allylic oxidation sites excluding steroid dienone is 1. The lowest BCUT2D eigenvalue weighted by atomic mass is 10.0. The minimum Gasteiger partial charge on any atom is -0.342 e. The number of carbonyl (C=O) groups excluding carboxylic acids is 1. The van der Waals surface area contributed by atoms with E-state index in [9.17, 15) is 4.79 Å². The summed E-state index contributed by atoms with van der Waals surface area (Å²) in [7, 11) is 0. The van der Waals surface area contributed by atoms with Gasteiger partial charge in [0.05, 0.1) is 0 Å². The Hall–Kier alpha value is -1.57. The van der Waals surface area contributed by atoms with E-state index >= 15 is 0 Å². The van der Waals surface area contributed by atoms with Gasteiger partial charge >= 0.3 is 0 Å². The molecule has 0 bridgehead atoms. The number of aryl methyl sites for hydroxylation is 3. The molecule has 0 radical (unpaired) electrons. The van der Waals surface area contributed by atoms with Crippen LogP contribution in [0.4, 0.5) is 0 Å². The third-order valence-corrected chi connectivity index (χ3v) is 4.92. The van der Waals surface area contributed by atoms with Crippen LogP contribution in [-0.2, 0) is 11.2 Å². The highest BCUT2D eigenvalue weighted by molar-refractivity contribution is 5.76. The van der Waals surface area contributed by atoms with Crippen molar-refractivity contribution in [3.8, 4) is 0 Å². The van der Waals surface area contributed by atoms with Gasteiger partial charge in [0.1, 0.15) is 0 Å². The molecule has 1 amide bonds. The van der Waals surface area contributed by atoms with Crippen molar-refractivity contribution in [3.63, 3.8) is 0 Å². The van der Waals surface area contributed by atoms with Crippen molar-refractivity contribution < 1.29 is 4.79 Å². The fraction of sp³-hybridized carbons (Fsp3) is 0.526. The maximum Gasteiger partial charge on any atom is 0.222 e. The van der Waals surface area contributed by atoms with Crippen molar-refractivity contribution in [1.82, 2.24) is 4.90 Å². The second-order valence-corrected chi connectivity index (χ2v) is 6.51. The van der Waals surface area contributed by atoms with Gasteiger partial charge in [0.25, 0.3) is 0 Å². The molecule has 3 rings (SSSR count). The van der Waals surface area contributed by atoms with Crippen LogP contribution in [0.1, 0.15) is 48.8 Å². The lowest BCUT2D eigenvalue weighted by molar-refractivity contribution is -0.131. The molecule has 1 aromatic carbocycles. The van der Waals surface area contributed by atoms with E-state index in [1.807, 2.05) is 0 Å². The molecule has 0 spiro atoms. The Balaban J connectivity index is 1.50. The topological polar surface area (TPSA) is 20.3 Å². The van der Waals surface area contributed by atoms with Gasteiger partial charge in [-0.1, -0.05) is 29.3 Å². The molecule has 1 aliphatic carbocycles. The molecule has 21 heavy (non-hydrogen) atoms. The number of amides is 1. The van der Waals surface area contributed by atoms with Crippen LogP contribution in [0.15, 0.2) is 29.3 Å². The standard InChI is InChI=1S/C19H25NO/c1-14-3-4-16(13-15(14)2)5-8-19(21)20-11-9-18(10-12-20)17-6-7-17/h3-4,13H,5-12H2,1-2H3. The molecular formula is C19H25NO. The highest BCUT2D eigenvalue weighted by Crippen LogP contribution is 2.36. The summed E-state index contributed by atoms with van der Waals surface area (Å²) >= 11 is 0. The minimum absolute atomic E-state index is 0.327. The molecule has 1 aliphatic heterocycles. The van der Waals surface area contributed by atoms with E-state index in [4.69, 9.17) is 0 Å². The van der Waals surface area contributed by atoms with Gasteiger partial charge in [-0.15, -0.1) is 0 Å². The quantitative estimate of drug-likeness (QED) is 0.769. The maximum absolute atomic E-state index is 12.3. The predicted molar refractivity (Wildman–Crippen MR) is 86.3 cm³/mol. The van der Waals surface area contributed by atoms with Crippen molar-refractivity contribution in [2.75, 3.05) is 13.1 Å². The van der Waals surface area contributed by atoms with E-state index < -0.39 is 0 Å². The summed E-state index contributed by atoms with van der Waals surface area (Å²) in [5.74, 6) is 0.327. The number of benzene rings is 1. The van der Waals surface area contributed by atoms with Gasteiger partial charge in [0.15, 0.2) is 0 Å². The number of hydrogen-bond donors (Lipinski definition) is 0. The largest absolute Gasteiger partial charge is 0.342 e. The first-order valence-electron chi connectivity index (χ1n) is 8.17. The molecule has 1 saturated heterocycles. The van der Waals surface area contributed by atoms with Crippen molar-refractivity contribution in [3.05, 3.63) is 46.0 Å². The normalized spacial score (nSPS) is 18.1. The summed E-state index contributed by atoms with van der Waals surface area (Å²) in [4.78, 5) is 14.4. The van der Waals surface area contributed by atoms with Gasteiger partial charge in [-0.2, -0.15) is 0 Å². The van der Waals surface area contributed by atoms with Gasteiger partial charge in [0.2, 0.25) is 5.91 Å². The molecular weight excluding hydrogens is 258 g/mol. The minimum atomic E-state index is 0.327. The van der Waals surface area contributed by atoms with E-state index in [2.05, 4.69) is 36.9 Å². The summed E-state index contributed by atoms with van der Waals surface area (Å²) in [5.41, 5.74) is 7.25. The second-order valence-electron chi connectivity index (χ2n) is 6.51. The Kier molecular flexibility index (Phi) is 4.14. The molecule has 1 aromatic rings. The van der Waals surface area contributed by atoms with Crippen LogP contribution in [-0.4, -0.2) is 23.9 Å². The summed E-state index contributed by atoms with van der Waals surface area (Å²) in [6.45, 7) is 6.14. The van der Waals surface area contributed by atoms with Crippen LogP contribution in [0.2, 0.25) is 0 Å². The Bertz CT molecular complexity index is 569. The van der Waals surface area contributed by atoms with E-state index in [1.165, 1.54) is 29.5 Å². The smallest absolute Gasteiger partial charge is 0.222 e. The van der Waals surface area contributed by atoms with Crippen LogP contribution < -0.4 is 0 Å². The van der Waals surface area contributed by atoms with E-state index in [-0.39, 0.29) is 0 Å². The molecule has 1 saturated carbocycles. The summed E-state index contributed by atoms with van der Waals surface area (Å²) in [5, 5.41) is 0. The number of rotatable bonds is 3. The van der Waals surface area contributed by atoms with Crippen LogP contribution in [0, 0.1) is 13.8 Å². The molecule has 2 nitrogen and oxygen atoms in total. The molecule has 0 aromatic heterocycles. The SMILES string of the molecule is Cc1ccc(CCC(=O)N2CCC(=C3CC3)CC2)cc1C. The van der Waals surface area contributed by atoms with Crippen molar-refractivity contribution in [2.24, 2.45) is 0 Å². The highest BCUT2D eigenvalue weighted by atomic mass is 16.2. The molecule has 0 atom stereocenters. The van der Waals surface area contributed by atoms with Gasteiger partial charge in [-0.3, -0.25) is 4.79 Å². The first-order chi connectivity index (χ1) is 10.1. The number of carbonyl (C=O) groups is 1. The van der Waals surface area contributed by atoms with E-state index in [1.54, 1.807) is 11.1 Å². The molecule has 112 valence electrons. The molecule has 2 fully saturated rings. The zero-order valence-corrected chi connectivity index (χ0v) is 13.2. The zero-order valence-electron chi connectivity index (χ0n) is 13.2. The second kappa shape index (κ2) is 6.05. The first-order valence-corrected chi connectivity index (χ1v) is 8.17. The summed E-state index contributed by atoms with van der Waals surface area (Å²) in [6, 6.07) is 6.53. The van der Waals surface area contributed by atoms with Crippen LogP contribution in [0.5, 0.6) is 0 Å². The molecule has 1 heterocycles. The average molecular weight is 283 g/mol. The average Bonchev–Trinajstić information content (AvgIpc) is 3.33. The van der Waals surface area contributed by atoms with Crippen LogP contribution >= 0.6 is 0 Å². The number of piperidine rings is 1. The first kappa shape index (κ1) is 14.4. The van der Waals surface area contributed by atoms with Gasteiger partial charge < -0.3 is 4.90 Å². The highest BCUT2D eigenvalue weighted by Gasteiger charge is 2.24. The Morgan fingerprint density at radius 3 is 2.29 bits per heavy atom. The summed E-state index contributed by atoms with van der Waals surface area (Å²) in [6.07, 6.45) is 6.38. The molecule has 2 heteroatoms. The Morgan fingerprint density at radius 1 is 1.00 bits per heavy atom. The number of hydrogen-bond acceptors (Lipinski definition) is 1. The maximum atomic E-state index is 12.3. The fourth-order valence-corrected chi connectivity index (χ4v) is 3.16. The lowest BCUT2D eigenvalue weighted by Gasteiger charge is -2.28. The summed E-state index contributed by atoms with van der Waals surface area (Å²) < 4.78 is 0. The van der Waals surface area contributed by atoms with Gasteiger partial charge in [-0.05, 0) is 62.6 Å². The van der Waals surface area contributed by atoms with Crippen molar-refractivity contribution in [1.29, 1.82) is 0 Å². The van der Waals surface area contributed by atoms with E-state index in [0.29, 0.717) is 12.3 Å². The van der Waals surface area contributed by atoms with E-state index in [0.717, 1.165) is 32.4 Å². The molecule has 0 N–H and O–H groups in total. The third kappa shape index (κ3) is 3.55. The zero-order chi connectivity index (χ0) is 14.8. The fourth-order valence-electron chi connectivity index (χ4n) is 3.16. The van der Waals surface area contributed by atoms with Crippen LogP contribution in [0.3, 0.4) is 0 Å². The third-order valence-electron chi connectivity index (χ3n) is 4.92. The van der Waals surface area contributed by atoms with Gasteiger partial charge in [-0.25, -0.2) is 0 Å². The van der Waals surface area contributed by atoms with Crippen molar-refractivity contribution in [2.45, 2.75) is 52.4 Å².